The van der Waals surface area contributed by atoms with Crippen molar-refractivity contribution in [3.8, 4) is 0 Å². The van der Waals surface area contributed by atoms with Gasteiger partial charge in [0, 0.05) is 23.2 Å². The lowest BCUT2D eigenvalue weighted by Gasteiger charge is -2.57. The van der Waals surface area contributed by atoms with E-state index >= 15 is 4.39 Å². The quantitative estimate of drug-likeness (QED) is 0.369. The van der Waals surface area contributed by atoms with Crippen LogP contribution in [-0.2, 0) is 19.1 Å². The van der Waals surface area contributed by atoms with Crippen LogP contribution in [0.25, 0.3) is 0 Å². The first-order chi connectivity index (χ1) is 15.6. The van der Waals surface area contributed by atoms with Crippen molar-refractivity contribution in [3.63, 3.8) is 0 Å². The molecule has 0 aromatic carbocycles. The lowest BCUT2D eigenvalue weighted by molar-refractivity contribution is -0.187. The van der Waals surface area contributed by atoms with E-state index in [4.69, 9.17) is 4.74 Å². The van der Waals surface area contributed by atoms with Crippen molar-refractivity contribution < 1.29 is 23.5 Å². The predicted molar refractivity (Wildman–Crippen MR) is 123 cm³/mol. The molecule has 0 aromatic heterocycles. The average Bonchev–Trinajstić information content (AvgIpc) is 3.51. The maximum Gasteiger partial charge on any atom is 0.306 e. The third-order valence-corrected chi connectivity index (χ3v) is 10.5. The Morgan fingerprint density at radius 3 is 2.55 bits per heavy atom. The van der Waals surface area contributed by atoms with Crippen LogP contribution in [0.4, 0.5) is 4.39 Å². The monoisotopic (exact) mass is 456 g/mol. The van der Waals surface area contributed by atoms with Gasteiger partial charge in [-0.25, -0.2) is 4.39 Å². The van der Waals surface area contributed by atoms with Crippen LogP contribution in [0.1, 0.15) is 85.5 Å². The Morgan fingerprint density at radius 2 is 1.85 bits per heavy atom. The number of halogens is 1. The SMILES string of the molecule is CCCCCC(=O)O[C@@]1(C(C)=O)CC[C@H]2[C@@H]3C=C(F)C4=CC(=O)C5CC5[C@@]4(C)[C@@H]3CC[C@@]21C. The number of carbonyl (C=O) groups is 3. The third kappa shape index (κ3) is 3.02. The van der Waals surface area contributed by atoms with Crippen molar-refractivity contribution in [1.29, 1.82) is 0 Å². The summed E-state index contributed by atoms with van der Waals surface area (Å²) >= 11 is 0. The summed E-state index contributed by atoms with van der Waals surface area (Å²) in [6.07, 6.45) is 10.2. The number of ether oxygens (including phenoxy) is 1. The Bertz CT molecular complexity index is 965. The first-order valence-corrected chi connectivity index (χ1v) is 13.0. The molecule has 33 heavy (non-hydrogen) atoms. The molecule has 0 heterocycles. The fourth-order valence-corrected chi connectivity index (χ4v) is 8.55. The fourth-order valence-electron chi connectivity index (χ4n) is 8.55. The molecule has 0 bridgehead atoms. The van der Waals surface area contributed by atoms with Gasteiger partial charge < -0.3 is 4.74 Å². The summed E-state index contributed by atoms with van der Waals surface area (Å²) in [6, 6.07) is 0. The second-order valence-corrected chi connectivity index (χ2v) is 11.8. The molecule has 3 fully saturated rings. The number of rotatable bonds is 6. The van der Waals surface area contributed by atoms with Crippen LogP contribution < -0.4 is 0 Å². The molecule has 0 aromatic rings. The van der Waals surface area contributed by atoms with Crippen molar-refractivity contribution in [1.82, 2.24) is 0 Å². The summed E-state index contributed by atoms with van der Waals surface area (Å²) in [7, 11) is 0. The summed E-state index contributed by atoms with van der Waals surface area (Å²) in [6.45, 7) is 7.92. The number of allylic oxidation sites excluding steroid dienone is 4. The molecule has 0 aliphatic heterocycles. The lowest BCUT2D eigenvalue weighted by Crippen LogP contribution is -2.58. The number of Topliss-reactive ketones (excluding diaryl/α,β-unsaturated/α-hetero) is 1. The number of hydrogen-bond acceptors (Lipinski definition) is 4. The Balaban J connectivity index is 1.48. The Labute approximate surface area is 196 Å². The summed E-state index contributed by atoms with van der Waals surface area (Å²) < 4.78 is 21.6. The molecule has 8 atom stereocenters. The van der Waals surface area contributed by atoms with Gasteiger partial charge in [-0.15, -0.1) is 0 Å². The first-order valence-electron chi connectivity index (χ1n) is 13.0. The van der Waals surface area contributed by atoms with E-state index in [0.717, 1.165) is 44.9 Å². The zero-order valence-electron chi connectivity index (χ0n) is 20.4. The Kier molecular flexibility index (Phi) is 5.30. The van der Waals surface area contributed by atoms with Crippen molar-refractivity contribution in [3.05, 3.63) is 23.6 Å². The molecule has 5 aliphatic carbocycles. The van der Waals surface area contributed by atoms with Gasteiger partial charge in [0.25, 0.3) is 0 Å². The largest absolute Gasteiger partial charge is 0.450 e. The van der Waals surface area contributed by atoms with Gasteiger partial charge in [0.15, 0.2) is 17.2 Å². The summed E-state index contributed by atoms with van der Waals surface area (Å²) in [5.74, 6) is 0.110. The van der Waals surface area contributed by atoms with Crippen LogP contribution in [0.15, 0.2) is 23.6 Å². The van der Waals surface area contributed by atoms with Gasteiger partial charge in [-0.3, -0.25) is 14.4 Å². The maximum atomic E-state index is 15.5. The Hall–Kier alpha value is -1.78. The maximum absolute atomic E-state index is 15.5. The molecule has 5 heteroatoms. The standard InChI is InChI=1S/C28H37FO4/c1-5-6-7-8-25(32)33-28(16(2)30)12-10-19-17-14-23(29)22-15-24(31)18-13-21(18)27(22,4)20(17)9-11-26(19,28)3/h14-15,17-21H,5-13H2,1-4H3/t17-,18?,19-,20+,21?,26-,27+,28+/m0/s1. The predicted octanol–water partition coefficient (Wildman–Crippen LogP) is 5.90. The Morgan fingerprint density at radius 1 is 1.12 bits per heavy atom. The van der Waals surface area contributed by atoms with Crippen molar-refractivity contribution in [2.45, 2.75) is 91.1 Å². The highest BCUT2D eigenvalue weighted by molar-refractivity contribution is 5.97. The highest BCUT2D eigenvalue weighted by Gasteiger charge is 2.70. The number of hydrogen-bond donors (Lipinski definition) is 0. The van der Waals surface area contributed by atoms with E-state index in [1.165, 1.54) is 0 Å². The van der Waals surface area contributed by atoms with Crippen LogP contribution in [-0.4, -0.2) is 23.1 Å². The van der Waals surface area contributed by atoms with E-state index in [2.05, 4.69) is 20.8 Å². The minimum atomic E-state index is -1.11. The van der Waals surface area contributed by atoms with Gasteiger partial charge in [0.1, 0.15) is 5.83 Å². The van der Waals surface area contributed by atoms with E-state index < -0.39 is 11.0 Å². The molecule has 2 unspecified atom stereocenters. The van der Waals surface area contributed by atoms with Gasteiger partial charge in [-0.2, -0.15) is 0 Å². The molecule has 180 valence electrons. The molecule has 5 rings (SSSR count). The topological polar surface area (TPSA) is 60.4 Å². The molecule has 0 amide bonds. The molecule has 0 spiro atoms. The average molecular weight is 457 g/mol. The fraction of sp³-hybridized carbons (Fsp3) is 0.750. The van der Waals surface area contributed by atoms with E-state index in [-0.39, 0.29) is 58.4 Å². The summed E-state index contributed by atoms with van der Waals surface area (Å²) in [5, 5.41) is 0. The molecule has 5 aliphatic rings. The number of fused-ring (bicyclic) bond motifs is 7. The molecular formula is C28H37FO4. The molecule has 4 nitrogen and oxygen atoms in total. The van der Waals surface area contributed by atoms with Gasteiger partial charge in [-0.05, 0) is 86.8 Å². The number of ketones is 2. The lowest BCUT2D eigenvalue weighted by atomic mass is 9.47. The van der Waals surface area contributed by atoms with Crippen molar-refractivity contribution in [2.75, 3.05) is 0 Å². The molecule has 3 saturated carbocycles. The minimum Gasteiger partial charge on any atom is -0.450 e. The van der Waals surface area contributed by atoms with Crippen molar-refractivity contribution in [2.24, 2.45) is 40.4 Å². The van der Waals surface area contributed by atoms with Crippen LogP contribution in [0.2, 0.25) is 0 Å². The first kappa shape index (κ1) is 23.0. The van der Waals surface area contributed by atoms with Crippen molar-refractivity contribution >= 4 is 17.5 Å². The molecule has 0 radical (unpaired) electrons. The van der Waals surface area contributed by atoms with Crippen LogP contribution in [0, 0.1) is 40.4 Å². The summed E-state index contributed by atoms with van der Waals surface area (Å²) in [4.78, 5) is 38.2. The van der Waals surface area contributed by atoms with Crippen LogP contribution >= 0.6 is 0 Å². The molecular weight excluding hydrogens is 419 g/mol. The van der Waals surface area contributed by atoms with Crippen LogP contribution in [0.5, 0.6) is 0 Å². The smallest absolute Gasteiger partial charge is 0.306 e. The van der Waals surface area contributed by atoms with E-state index in [0.29, 0.717) is 18.4 Å². The third-order valence-electron chi connectivity index (χ3n) is 10.5. The summed E-state index contributed by atoms with van der Waals surface area (Å²) in [5.41, 5.74) is -1.32. The van der Waals surface area contributed by atoms with Gasteiger partial charge in [0.05, 0.1) is 0 Å². The highest BCUT2D eigenvalue weighted by Crippen LogP contribution is 2.72. The second kappa shape index (κ2) is 7.61. The normalized spacial score (nSPS) is 45.1. The zero-order chi connectivity index (χ0) is 23.8. The van der Waals surface area contributed by atoms with Crippen LogP contribution in [0.3, 0.4) is 0 Å². The molecule has 0 saturated heterocycles. The van der Waals surface area contributed by atoms with Gasteiger partial charge in [0.2, 0.25) is 0 Å². The number of esters is 1. The minimum absolute atomic E-state index is 0.000343. The zero-order valence-corrected chi connectivity index (χ0v) is 20.4. The van der Waals surface area contributed by atoms with E-state index in [1.54, 1.807) is 19.1 Å². The second-order valence-electron chi connectivity index (χ2n) is 11.8. The number of unbranched alkanes of at least 4 members (excludes halogenated alkanes) is 2. The van der Waals surface area contributed by atoms with Gasteiger partial charge in [-0.1, -0.05) is 33.6 Å². The molecule has 0 N–H and O–H groups in total. The number of carbonyl (C=O) groups excluding carboxylic acids is 3. The highest BCUT2D eigenvalue weighted by atomic mass is 19.1. The van der Waals surface area contributed by atoms with E-state index in [1.807, 2.05) is 0 Å². The van der Waals surface area contributed by atoms with E-state index in [9.17, 15) is 14.4 Å². The van der Waals surface area contributed by atoms with Gasteiger partial charge >= 0.3 is 5.97 Å².